The van der Waals surface area contributed by atoms with Gasteiger partial charge >= 0.3 is 0 Å². The number of benzene rings is 1. The van der Waals surface area contributed by atoms with Crippen LogP contribution in [0.4, 0.5) is 0 Å². The summed E-state index contributed by atoms with van der Waals surface area (Å²) in [4.78, 5) is 0.106. The van der Waals surface area contributed by atoms with Gasteiger partial charge in [-0.25, -0.2) is 0 Å². The van der Waals surface area contributed by atoms with E-state index in [2.05, 4.69) is 41.1 Å². The van der Waals surface area contributed by atoms with Crippen molar-refractivity contribution in [2.45, 2.75) is 18.2 Å². The van der Waals surface area contributed by atoms with Gasteiger partial charge in [0.2, 0.25) is 0 Å². The van der Waals surface area contributed by atoms with E-state index in [1.807, 2.05) is 12.1 Å². The Morgan fingerprint density at radius 3 is 2.53 bits per heavy atom. The molecule has 1 aromatic carbocycles. The van der Waals surface area contributed by atoms with Crippen molar-refractivity contribution in [1.29, 1.82) is 0 Å². The molecule has 0 aliphatic heterocycles. The lowest BCUT2D eigenvalue weighted by atomic mass is 10.00. The van der Waals surface area contributed by atoms with Gasteiger partial charge in [-0.05, 0) is 23.6 Å². The van der Waals surface area contributed by atoms with Crippen LogP contribution < -0.4 is 0 Å². The molecule has 0 nitrogen and oxygen atoms in total. The molecule has 0 saturated heterocycles. The third kappa shape index (κ3) is 2.87. The number of alkyl halides is 1. The van der Waals surface area contributed by atoms with Gasteiger partial charge in [-0.1, -0.05) is 70.3 Å². The van der Waals surface area contributed by atoms with Crippen LogP contribution in [0.3, 0.4) is 0 Å². The first kappa shape index (κ1) is 13.4. The molecule has 0 radical (unpaired) electrons. The van der Waals surface area contributed by atoms with Gasteiger partial charge in [-0.15, -0.1) is 11.3 Å². The molecular weight excluding hydrogens is 339 g/mol. The highest BCUT2D eigenvalue weighted by molar-refractivity contribution is 9.09. The van der Waals surface area contributed by atoms with Crippen LogP contribution in [0.2, 0.25) is 8.67 Å². The lowest BCUT2D eigenvalue weighted by Gasteiger charge is -2.13. The van der Waals surface area contributed by atoms with E-state index in [1.165, 1.54) is 22.5 Å². The summed E-state index contributed by atoms with van der Waals surface area (Å²) in [7, 11) is 0. The van der Waals surface area contributed by atoms with E-state index in [4.69, 9.17) is 23.2 Å². The van der Waals surface area contributed by atoms with Gasteiger partial charge in [-0.3, -0.25) is 0 Å². The number of hydrogen-bond donors (Lipinski definition) is 0. The molecule has 0 aliphatic carbocycles. The van der Waals surface area contributed by atoms with Crippen molar-refractivity contribution in [1.82, 2.24) is 0 Å². The van der Waals surface area contributed by atoms with Crippen molar-refractivity contribution < 1.29 is 0 Å². The highest BCUT2D eigenvalue weighted by Gasteiger charge is 2.18. The standard InChI is InChI=1S/C13H11BrCl2S/c1-2-8-5-3-4-6-9(8)12(14)10-7-11(15)17-13(10)16/h3-7,12H,2H2,1H3. The smallest absolute Gasteiger partial charge is 0.0990 e. The fourth-order valence-corrected chi connectivity index (χ4v) is 4.42. The minimum absolute atomic E-state index is 0.106. The van der Waals surface area contributed by atoms with E-state index in [1.54, 1.807) is 0 Å². The highest BCUT2D eigenvalue weighted by atomic mass is 79.9. The summed E-state index contributed by atoms with van der Waals surface area (Å²) in [6, 6.07) is 10.3. The Balaban J connectivity index is 2.43. The molecular formula is C13H11BrCl2S. The maximum Gasteiger partial charge on any atom is 0.0990 e. The molecule has 0 saturated carbocycles. The van der Waals surface area contributed by atoms with Gasteiger partial charge in [0.1, 0.15) is 0 Å². The van der Waals surface area contributed by atoms with E-state index in [0.29, 0.717) is 0 Å². The first-order valence-electron chi connectivity index (χ1n) is 5.30. The van der Waals surface area contributed by atoms with Crippen molar-refractivity contribution in [3.8, 4) is 0 Å². The molecule has 2 rings (SSSR count). The third-order valence-corrected chi connectivity index (χ3v) is 5.17. The first-order chi connectivity index (χ1) is 8.13. The molecule has 1 unspecified atom stereocenters. The summed E-state index contributed by atoms with van der Waals surface area (Å²) in [6.45, 7) is 2.15. The summed E-state index contributed by atoms with van der Waals surface area (Å²) in [5, 5.41) is 0. The van der Waals surface area contributed by atoms with Gasteiger partial charge in [-0.2, -0.15) is 0 Å². The lowest BCUT2D eigenvalue weighted by Crippen LogP contribution is -1.96. The minimum atomic E-state index is 0.106. The number of thiophene rings is 1. The molecule has 2 aromatic rings. The molecule has 1 atom stereocenters. The summed E-state index contributed by atoms with van der Waals surface area (Å²) in [5.74, 6) is 0. The van der Waals surface area contributed by atoms with Crippen LogP contribution >= 0.6 is 50.5 Å². The first-order valence-corrected chi connectivity index (χ1v) is 7.79. The van der Waals surface area contributed by atoms with Crippen LogP contribution in [-0.2, 0) is 6.42 Å². The SMILES string of the molecule is CCc1ccccc1C(Br)c1cc(Cl)sc1Cl. The number of hydrogen-bond acceptors (Lipinski definition) is 1. The molecule has 1 heterocycles. The quantitative estimate of drug-likeness (QED) is 0.587. The summed E-state index contributed by atoms with van der Waals surface area (Å²) in [6.07, 6.45) is 1.01. The maximum absolute atomic E-state index is 6.19. The van der Waals surface area contributed by atoms with Crippen molar-refractivity contribution in [2.24, 2.45) is 0 Å². The normalized spacial score (nSPS) is 12.7. The minimum Gasteiger partial charge on any atom is -0.111 e. The van der Waals surface area contributed by atoms with Gasteiger partial charge in [0, 0.05) is 5.56 Å². The van der Waals surface area contributed by atoms with Crippen LogP contribution in [-0.4, -0.2) is 0 Å². The van der Waals surface area contributed by atoms with Gasteiger partial charge in [0.15, 0.2) is 0 Å². The monoisotopic (exact) mass is 348 g/mol. The Labute approximate surface area is 124 Å². The lowest BCUT2D eigenvalue weighted by molar-refractivity contribution is 1.06. The second-order valence-corrected chi connectivity index (χ2v) is 6.90. The van der Waals surface area contributed by atoms with Gasteiger partial charge in [0.05, 0.1) is 13.5 Å². The zero-order valence-electron chi connectivity index (χ0n) is 9.21. The van der Waals surface area contributed by atoms with E-state index >= 15 is 0 Å². The van der Waals surface area contributed by atoms with Crippen molar-refractivity contribution in [3.05, 3.63) is 55.7 Å². The number of halogens is 3. The van der Waals surface area contributed by atoms with Crippen LogP contribution in [0.25, 0.3) is 0 Å². The fraction of sp³-hybridized carbons (Fsp3) is 0.231. The molecule has 0 spiro atoms. The Hall–Kier alpha value is -0.0200. The fourth-order valence-electron chi connectivity index (χ4n) is 1.80. The van der Waals surface area contributed by atoms with Gasteiger partial charge < -0.3 is 0 Å². The van der Waals surface area contributed by atoms with Crippen LogP contribution in [0.15, 0.2) is 30.3 Å². The predicted octanol–water partition coefficient (Wildman–Crippen LogP) is 6.10. The summed E-state index contributed by atoms with van der Waals surface area (Å²) < 4.78 is 1.48. The third-order valence-electron chi connectivity index (χ3n) is 2.67. The average molecular weight is 350 g/mol. The van der Waals surface area contributed by atoms with Crippen molar-refractivity contribution in [2.75, 3.05) is 0 Å². The van der Waals surface area contributed by atoms with Crippen molar-refractivity contribution >= 4 is 50.5 Å². The van der Waals surface area contributed by atoms with E-state index in [-0.39, 0.29) is 4.83 Å². The topological polar surface area (TPSA) is 0 Å². The molecule has 0 aliphatic rings. The van der Waals surface area contributed by atoms with E-state index in [0.717, 1.165) is 20.7 Å². The van der Waals surface area contributed by atoms with E-state index < -0.39 is 0 Å². The Morgan fingerprint density at radius 1 is 1.24 bits per heavy atom. The molecule has 1 aromatic heterocycles. The molecule has 17 heavy (non-hydrogen) atoms. The molecule has 0 N–H and O–H groups in total. The summed E-state index contributed by atoms with van der Waals surface area (Å²) >= 11 is 17.3. The second-order valence-electron chi connectivity index (χ2n) is 3.69. The second kappa shape index (κ2) is 5.75. The molecule has 90 valence electrons. The molecule has 0 fully saturated rings. The Morgan fingerprint density at radius 2 is 1.94 bits per heavy atom. The molecule has 0 amide bonds. The van der Waals surface area contributed by atoms with Crippen molar-refractivity contribution in [3.63, 3.8) is 0 Å². The zero-order chi connectivity index (χ0) is 12.4. The largest absolute Gasteiger partial charge is 0.111 e. The predicted molar refractivity (Wildman–Crippen MR) is 80.9 cm³/mol. The number of aryl methyl sites for hydroxylation is 1. The number of rotatable bonds is 3. The maximum atomic E-state index is 6.19. The summed E-state index contributed by atoms with van der Waals surface area (Å²) in [5.41, 5.74) is 3.63. The van der Waals surface area contributed by atoms with Crippen LogP contribution in [0.1, 0.15) is 28.4 Å². The van der Waals surface area contributed by atoms with Crippen LogP contribution in [0.5, 0.6) is 0 Å². The average Bonchev–Trinajstić information content (AvgIpc) is 2.67. The molecule has 0 bridgehead atoms. The van der Waals surface area contributed by atoms with E-state index in [9.17, 15) is 0 Å². The zero-order valence-corrected chi connectivity index (χ0v) is 13.1. The Kier molecular flexibility index (Phi) is 4.53. The van der Waals surface area contributed by atoms with Gasteiger partial charge in [0.25, 0.3) is 0 Å². The highest BCUT2D eigenvalue weighted by Crippen LogP contribution is 2.42. The van der Waals surface area contributed by atoms with Crippen LogP contribution in [0, 0.1) is 0 Å². The Bertz CT molecular complexity index is 522. The molecule has 4 heteroatoms.